The van der Waals surface area contributed by atoms with Crippen molar-refractivity contribution in [2.24, 2.45) is 0 Å². The van der Waals surface area contributed by atoms with Crippen LogP contribution in [0, 0.1) is 5.82 Å². The largest absolute Gasteiger partial charge is 0.378 e. The van der Waals surface area contributed by atoms with Crippen LogP contribution in [0.1, 0.15) is 31.2 Å². The number of carbonyl (C=O) groups excluding carboxylic acids is 1. The lowest BCUT2D eigenvalue weighted by atomic mass is 10.1. The molecule has 132 valence electrons. The minimum Gasteiger partial charge on any atom is -0.378 e. The van der Waals surface area contributed by atoms with E-state index >= 15 is 0 Å². The monoisotopic (exact) mass is 334 g/mol. The second-order valence-corrected chi connectivity index (χ2v) is 6.79. The highest BCUT2D eigenvalue weighted by atomic mass is 19.1. The van der Waals surface area contributed by atoms with Crippen LogP contribution in [0.4, 0.5) is 4.39 Å². The zero-order chi connectivity index (χ0) is 16.8. The smallest absolute Gasteiger partial charge is 0.225 e. The first-order valence-electron chi connectivity index (χ1n) is 9.07. The van der Waals surface area contributed by atoms with Crippen molar-refractivity contribution in [1.29, 1.82) is 0 Å². The molecule has 0 saturated carbocycles. The molecule has 2 saturated heterocycles. The van der Waals surface area contributed by atoms with E-state index in [-0.39, 0.29) is 17.8 Å². The van der Waals surface area contributed by atoms with Crippen LogP contribution in [0.15, 0.2) is 24.3 Å². The van der Waals surface area contributed by atoms with Gasteiger partial charge in [-0.3, -0.25) is 9.69 Å². The summed E-state index contributed by atoms with van der Waals surface area (Å²) in [6.45, 7) is 5.19. The van der Waals surface area contributed by atoms with Crippen molar-refractivity contribution in [1.82, 2.24) is 9.80 Å². The molecule has 1 atom stereocenters. The summed E-state index contributed by atoms with van der Waals surface area (Å²) in [5, 5.41) is 0. The van der Waals surface area contributed by atoms with Gasteiger partial charge in [0.05, 0.1) is 12.5 Å². The van der Waals surface area contributed by atoms with Gasteiger partial charge in [0, 0.05) is 39.3 Å². The van der Waals surface area contributed by atoms with Gasteiger partial charge < -0.3 is 9.64 Å². The molecule has 24 heavy (non-hydrogen) atoms. The van der Waals surface area contributed by atoms with Crippen molar-refractivity contribution in [2.45, 2.75) is 38.2 Å². The summed E-state index contributed by atoms with van der Waals surface area (Å²) in [5.74, 6) is 0.0490. The Bertz CT molecular complexity index is 521. The van der Waals surface area contributed by atoms with Gasteiger partial charge in [0.25, 0.3) is 0 Å². The quantitative estimate of drug-likeness (QED) is 0.829. The first kappa shape index (κ1) is 17.4. The van der Waals surface area contributed by atoms with E-state index in [1.165, 1.54) is 18.6 Å². The van der Waals surface area contributed by atoms with Crippen molar-refractivity contribution >= 4 is 5.91 Å². The van der Waals surface area contributed by atoms with Crippen LogP contribution in [0.25, 0.3) is 0 Å². The van der Waals surface area contributed by atoms with Gasteiger partial charge in [-0.25, -0.2) is 4.39 Å². The molecule has 2 fully saturated rings. The standard InChI is InChI=1S/C19H27FN2O2/c20-17-6-4-16(5-7-17)8-9-21-10-12-22(13-11-21)19(23)15-18-3-1-2-14-24-18/h4-7,18H,1-3,8-15H2. The second kappa shape index (κ2) is 8.58. The summed E-state index contributed by atoms with van der Waals surface area (Å²) in [6, 6.07) is 6.72. The Hall–Kier alpha value is -1.46. The first-order valence-corrected chi connectivity index (χ1v) is 9.07. The second-order valence-electron chi connectivity index (χ2n) is 6.79. The van der Waals surface area contributed by atoms with E-state index in [0.29, 0.717) is 6.42 Å². The van der Waals surface area contributed by atoms with Gasteiger partial charge in [-0.2, -0.15) is 0 Å². The molecule has 1 amide bonds. The van der Waals surface area contributed by atoms with Crippen LogP contribution in [0.2, 0.25) is 0 Å². The van der Waals surface area contributed by atoms with E-state index in [9.17, 15) is 9.18 Å². The van der Waals surface area contributed by atoms with Crippen molar-refractivity contribution in [3.8, 4) is 0 Å². The van der Waals surface area contributed by atoms with Gasteiger partial charge in [0.2, 0.25) is 5.91 Å². The molecule has 0 N–H and O–H groups in total. The molecule has 1 aromatic rings. The van der Waals surface area contributed by atoms with Crippen molar-refractivity contribution in [3.05, 3.63) is 35.6 Å². The molecule has 0 aliphatic carbocycles. The van der Waals surface area contributed by atoms with Crippen molar-refractivity contribution in [3.63, 3.8) is 0 Å². The SMILES string of the molecule is O=C(CC1CCCCO1)N1CCN(CCc2ccc(F)cc2)CC1. The van der Waals surface area contributed by atoms with E-state index in [0.717, 1.165) is 64.2 Å². The number of carbonyl (C=O) groups is 1. The lowest BCUT2D eigenvalue weighted by Crippen LogP contribution is -2.49. The average Bonchev–Trinajstić information content (AvgIpc) is 2.62. The third kappa shape index (κ3) is 5.02. The number of halogens is 1. The maximum absolute atomic E-state index is 12.9. The van der Waals surface area contributed by atoms with Crippen molar-refractivity contribution in [2.75, 3.05) is 39.3 Å². The summed E-state index contributed by atoms with van der Waals surface area (Å²) >= 11 is 0. The third-order valence-electron chi connectivity index (χ3n) is 5.03. The van der Waals surface area contributed by atoms with E-state index in [2.05, 4.69) is 4.90 Å². The van der Waals surface area contributed by atoms with Gasteiger partial charge in [-0.15, -0.1) is 0 Å². The topological polar surface area (TPSA) is 32.8 Å². The van der Waals surface area contributed by atoms with E-state index in [4.69, 9.17) is 4.74 Å². The minimum atomic E-state index is -0.187. The highest BCUT2D eigenvalue weighted by Gasteiger charge is 2.24. The predicted octanol–water partition coefficient (Wildman–Crippen LogP) is 2.47. The van der Waals surface area contributed by atoms with Gasteiger partial charge in [-0.05, 0) is 43.4 Å². The minimum absolute atomic E-state index is 0.128. The average molecular weight is 334 g/mol. The Kier molecular flexibility index (Phi) is 6.21. The highest BCUT2D eigenvalue weighted by Crippen LogP contribution is 2.17. The predicted molar refractivity (Wildman–Crippen MR) is 91.3 cm³/mol. The molecule has 5 heteroatoms. The zero-order valence-electron chi connectivity index (χ0n) is 14.3. The van der Waals surface area contributed by atoms with Crippen LogP contribution in [0.3, 0.4) is 0 Å². The molecule has 2 aliphatic rings. The third-order valence-corrected chi connectivity index (χ3v) is 5.03. The fourth-order valence-electron chi connectivity index (χ4n) is 3.45. The lowest BCUT2D eigenvalue weighted by Gasteiger charge is -2.35. The summed E-state index contributed by atoms with van der Waals surface area (Å²) in [4.78, 5) is 16.7. The maximum Gasteiger partial charge on any atom is 0.225 e. The Labute approximate surface area is 143 Å². The summed E-state index contributed by atoms with van der Waals surface area (Å²) in [6.07, 6.45) is 4.90. The van der Waals surface area contributed by atoms with Gasteiger partial charge in [-0.1, -0.05) is 12.1 Å². The Balaban J connectivity index is 1.37. The summed E-state index contributed by atoms with van der Waals surface area (Å²) in [7, 11) is 0. The number of ether oxygens (including phenoxy) is 1. The molecule has 3 rings (SSSR count). The number of nitrogens with zero attached hydrogens (tertiary/aromatic N) is 2. The van der Waals surface area contributed by atoms with Crippen LogP contribution in [-0.4, -0.2) is 61.1 Å². The molecule has 0 radical (unpaired) electrons. The van der Waals surface area contributed by atoms with E-state index < -0.39 is 0 Å². The number of hydrogen-bond donors (Lipinski definition) is 0. The summed E-state index contributed by atoms with van der Waals surface area (Å²) < 4.78 is 18.6. The van der Waals surface area contributed by atoms with Crippen LogP contribution < -0.4 is 0 Å². The number of piperazine rings is 1. The maximum atomic E-state index is 12.9. The lowest BCUT2D eigenvalue weighted by molar-refractivity contribution is -0.136. The normalized spacial score (nSPS) is 22.5. The number of hydrogen-bond acceptors (Lipinski definition) is 3. The van der Waals surface area contributed by atoms with Gasteiger partial charge >= 0.3 is 0 Å². The molecule has 0 aromatic heterocycles. The molecule has 2 heterocycles. The molecular weight excluding hydrogens is 307 g/mol. The molecular formula is C19H27FN2O2. The van der Waals surface area contributed by atoms with Gasteiger partial charge in [0.15, 0.2) is 0 Å². The summed E-state index contributed by atoms with van der Waals surface area (Å²) in [5.41, 5.74) is 1.16. The molecule has 1 unspecified atom stereocenters. The highest BCUT2D eigenvalue weighted by molar-refractivity contribution is 5.76. The van der Waals surface area contributed by atoms with Crippen molar-refractivity contribution < 1.29 is 13.9 Å². The number of benzene rings is 1. The molecule has 2 aliphatic heterocycles. The first-order chi connectivity index (χ1) is 11.7. The fraction of sp³-hybridized carbons (Fsp3) is 0.632. The van der Waals surface area contributed by atoms with Crippen LogP contribution in [-0.2, 0) is 16.0 Å². The van der Waals surface area contributed by atoms with Gasteiger partial charge in [0.1, 0.15) is 5.82 Å². The molecule has 1 aromatic carbocycles. The molecule has 4 nitrogen and oxygen atoms in total. The van der Waals surface area contributed by atoms with Crippen LogP contribution >= 0.6 is 0 Å². The number of amides is 1. The van der Waals surface area contributed by atoms with Crippen LogP contribution in [0.5, 0.6) is 0 Å². The number of rotatable bonds is 5. The Morgan fingerprint density at radius 3 is 2.54 bits per heavy atom. The molecule has 0 spiro atoms. The van der Waals surface area contributed by atoms with E-state index in [1.54, 1.807) is 0 Å². The Morgan fingerprint density at radius 2 is 1.88 bits per heavy atom. The Morgan fingerprint density at radius 1 is 1.12 bits per heavy atom. The zero-order valence-corrected chi connectivity index (χ0v) is 14.3. The molecule has 0 bridgehead atoms. The van der Waals surface area contributed by atoms with E-state index in [1.807, 2.05) is 17.0 Å². The fourth-order valence-corrected chi connectivity index (χ4v) is 3.45.